The summed E-state index contributed by atoms with van der Waals surface area (Å²) in [4.78, 5) is 37.9. The molecule has 1 saturated heterocycles. The van der Waals surface area contributed by atoms with Crippen molar-refractivity contribution in [3.63, 3.8) is 0 Å². The van der Waals surface area contributed by atoms with E-state index in [4.69, 9.17) is 0 Å². The van der Waals surface area contributed by atoms with Crippen LogP contribution in [0.5, 0.6) is 0 Å². The van der Waals surface area contributed by atoms with Gasteiger partial charge in [0, 0.05) is 3.57 Å². The Bertz CT molecular complexity index is 582. The minimum atomic E-state index is -1.16. The van der Waals surface area contributed by atoms with E-state index in [1.807, 2.05) is 12.1 Å². The number of urea groups is 1. The van der Waals surface area contributed by atoms with Crippen molar-refractivity contribution in [1.29, 1.82) is 0 Å². The van der Waals surface area contributed by atoms with E-state index in [1.54, 1.807) is 26.0 Å². The molecule has 1 aromatic carbocycles. The number of rotatable bonds is 3. The quantitative estimate of drug-likeness (QED) is 0.642. The van der Waals surface area contributed by atoms with E-state index in [9.17, 15) is 14.4 Å². The minimum absolute atomic E-state index is 0.362. The largest absolute Gasteiger partial charge is 0.335 e. The second-order valence-corrected chi connectivity index (χ2v) is 5.80. The van der Waals surface area contributed by atoms with Crippen molar-refractivity contribution in [1.82, 2.24) is 5.32 Å². The molecule has 1 fully saturated rings. The van der Waals surface area contributed by atoms with Gasteiger partial charge in [-0.3, -0.25) is 14.9 Å². The van der Waals surface area contributed by atoms with Gasteiger partial charge in [-0.1, -0.05) is 26.0 Å². The first-order valence-corrected chi connectivity index (χ1v) is 7.50. The number of halogens is 1. The topological polar surface area (TPSA) is 66.5 Å². The first-order valence-electron chi connectivity index (χ1n) is 6.42. The van der Waals surface area contributed by atoms with E-state index >= 15 is 0 Å². The summed E-state index contributed by atoms with van der Waals surface area (Å²) in [6.45, 7) is 3.57. The summed E-state index contributed by atoms with van der Waals surface area (Å²) in [5.41, 5.74) is -0.651. The van der Waals surface area contributed by atoms with Crippen LogP contribution >= 0.6 is 22.6 Å². The molecule has 0 unspecified atom stereocenters. The third-order valence-electron chi connectivity index (χ3n) is 3.77. The van der Waals surface area contributed by atoms with Crippen molar-refractivity contribution in [3.05, 3.63) is 27.8 Å². The Morgan fingerprint density at radius 2 is 1.75 bits per heavy atom. The molecule has 0 radical (unpaired) electrons. The van der Waals surface area contributed by atoms with Crippen LogP contribution in [-0.4, -0.2) is 17.8 Å². The zero-order valence-corrected chi connectivity index (χ0v) is 13.4. The van der Waals surface area contributed by atoms with Gasteiger partial charge in [-0.05, 0) is 47.6 Å². The van der Waals surface area contributed by atoms with Gasteiger partial charge in [0.05, 0.1) is 5.69 Å². The monoisotopic (exact) mass is 386 g/mol. The third-order valence-corrected chi connectivity index (χ3v) is 4.68. The predicted molar refractivity (Wildman–Crippen MR) is 83.2 cm³/mol. The van der Waals surface area contributed by atoms with Crippen molar-refractivity contribution >= 4 is 46.1 Å². The summed E-state index contributed by atoms with van der Waals surface area (Å²) in [6, 6.07) is 6.42. The number of carbonyl (C=O) groups excluding carboxylic acids is 3. The first-order chi connectivity index (χ1) is 9.47. The van der Waals surface area contributed by atoms with Crippen molar-refractivity contribution in [2.24, 2.45) is 5.41 Å². The molecule has 1 aromatic rings. The Balaban J connectivity index is 2.54. The maximum Gasteiger partial charge on any atom is 0.335 e. The Hall–Kier alpha value is -1.44. The molecular formula is C14H15IN2O3. The Kier molecular flexibility index (Phi) is 4.12. The molecule has 5 nitrogen and oxygen atoms in total. The third kappa shape index (κ3) is 2.11. The van der Waals surface area contributed by atoms with E-state index in [2.05, 4.69) is 27.9 Å². The van der Waals surface area contributed by atoms with Crippen molar-refractivity contribution in [2.75, 3.05) is 4.90 Å². The summed E-state index contributed by atoms with van der Waals surface area (Å²) in [5.74, 6) is -0.944. The molecule has 6 heteroatoms. The van der Waals surface area contributed by atoms with Gasteiger partial charge in [0.25, 0.3) is 5.91 Å². The number of nitrogens with zero attached hydrogens (tertiary/aromatic N) is 1. The number of barbiturate groups is 1. The highest BCUT2D eigenvalue weighted by Crippen LogP contribution is 2.35. The van der Waals surface area contributed by atoms with Gasteiger partial charge in [0.15, 0.2) is 0 Å². The van der Waals surface area contributed by atoms with Crippen LogP contribution in [0.1, 0.15) is 26.7 Å². The molecule has 106 valence electrons. The lowest BCUT2D eigenvalue weighted by Gasteiger charge is -2.38. The van der Waals surface area contributed by atoms with Crippen LogP contribution in [0.2, 0.25) is 0 Å². The molecule has 20 heavy (non-hydrogen) atoms. The van der Waals surface area contributed by atoms with Crippen LogP contribution < -0.4 is 10.2 Å². The molecule has 0 aliphatic carbocycles. The number of benzene rings is 1. The number of hydrogen-bond acceptors (Lipinski definition) is 3. The van der Waals surface area contributed by atoms with Gasteiger partial charge in [-0.2, -0.15) is 0 Å². The number of para-hydroxylation sites is 1. The van der Waals surface area contributed by atoms with Crippen molar-refractivity contribution in [3.8, 4) is 0 Å². The summed E-state index contributed by atoms with van der Waals surface area (Å²) in [7, 11) is 0. The van der Waals surface area contributed by atoms with Gasteiger partial charge < -0.3 is 0 Å². The zero-order valence-electron chi connectivity index (χ0n) is 11.3. The molecule has 0 atom stereocenters. The first kappa shape index (κ1) is 15.0. The molecule has 0 bridgehead atoms. The Morgan fingerprint density at radius 1 is 1.15 bits per heavy atom. The number of nitrogens with one attached hydrogen (secondary N) is 1. The van der Waals surface area contributed by atoms with Crippen molar-refractivity contribution in [2.45, 2.75) is 26.7 Å². The van der Waals surface area contributed by atoms with Crippen LogP contribution in [0.4, 0.5) is 10.5 Å². The molecule has 0 aromatic heterocycles. The highest BCUT2D eigenvalue weighted by atomic mass is 127. The van der Waals surface area contributed by atoms with Crippen LogP contribution in [0.15, 0.2) is 24.3 Å². The van der Waals surface area contributed by atoms with Gasteiger partial charge in [0.1, 0.15) is 5.41 Å². The standard InChI is InChI=1S/C14H15IN2O3/c1-3-14(4-2)11(18)16-13(20)17(12(14)19)10-8-6-5-7-9(10)15/h5-8H,3-4H2,1-2H3,(H,16,18,20). The van der Waals surface area contributed by atoms with E-state index in [-0.39, 0.29) is 0 Å². The molecule has 1 aliphatic heterocycles. The van der Waals surface area contributed by atoms with Crippen LogP contribution in [0, 0.1) is 8.99 Å². The average molecular weight is 386 g/mol. The van der Waals surface area contributed by atoms with Gasteiger partial charge in [-0.15, -0.1) is 0 Å². The number of carbonyl (C=O) groups is 3. The maximum atomic E-state index is 12.7. The van der Waals surface area contributed by atoms with E-state index in [1.165, 1.54) is 0 Å². The highest BCUT2D eigenvalue weighted by Gasteiger charge is 2.52. The van der Waals surface area contributed by atoms with Gasteiger partial charge in [0.2, 0.25) is 5.91 Å². The Labute approximate surface area is 130 Å². The maximum absolute atomic E-state index is 12.7. The summed E-state index contributed by atoms with van der Waals surface area (Å²) in [5, 5.41) is 2.30. The van der Waals surface area contributed by atoms with Crippen LogP contribution in [0.3, 0.4) is 0 Å². The zero-order chi connectivity index (χ0) is 14.9. The number of imide groups is 2. The number of amides is 4. The Morgan fingerprint density at radius 3 is 2.30 bits per heavy atom. The lowest BCUT2D eigenvalue weighted by Crippen LogP contribution is -2.64. The molecule has 2 rings (SSSR count). The minimum Gasteiger partial charge on any atom is -0.276 e. The van der Waals surface area contributed by atoms with Gasteiger partial charge >= 0.3 is 6.03 Å². The molecule has 1 heterocycles. The second kappa shape index (κ2) is 5.51. The van der Waals surface area contributed by atoms with Gasteiger partial charge in [-0.25, -0.2) is 9.69 Å². The lowest BCUT2D eigenvalue weighted by atomic mass is 9.78. The lowest BCUT2D eigenvalue weighted by molar-refractivity contribution is -0.143. The van der Waals surface area contributed by atoms with E-state index < -0.39 is 23.3 Å². The fourth-order valence-corrected chi connectivity index (χ4v) is 3.03. The molecule has 4 amide bonds. The van der Waals surface area contributed by atoms with E-state index in [0.717, 1.165) is 8.47 Å². The molecule has 0 saturated carbocycles. The summed E-state index contributed by atoms with van der Waals surface area (Å²) in [6.07, 6.45) is 0.725. The fraction of sp³-hybridized carbons (Fsp3) is 0.357. The van der Waals surface area contributed by atoms with E-state index in [0.29, 0.717) is 18.5 Å². The highest BCUT2D eigenvalue weighted by molar-refractivity contribution is 14.1. The average Bonchev–Trinajstić information content (AvgIpc) is 2.42. The summed E-state index contributed by atoms with van der Waals surface area (Å²) >= 11 is 2.07. The second-order valence-electron chi connectivity index (χ2n) is 4.64. The normalized spacial score (nSPS) is 18.1. The smallest absolute Gasteiger partial charge is 0.276 e. The van der Waals surface area contributed by atoms with Crippen LogP contribution in [-0.2, 0) is 9.59 Å². The molecular weight excluding hydrogens is 371 g/mol. The summed E-state index contributed by atoms with van der Waals surface area (Å²) < 4.78 is 0.782. The molecule has 1 aliphatic rings. The molecule has 1 N–H and O–H groups in total. The number of hydrogen-bond donors (Lipinski definition) is 1. The number of anilines is 1. The van der Waals surface area contributed by atoms with Crippen LogP contribution in [0.25, 0.3) is 0 Å². The predicted octanol–water partition coefficient (Wildman–Crippen LogP) is 2.68. The fourth-order valence-electron chi connectivity index (χ4n) is 2.40. The van der Waals surface area contributed by atoms with Crippen molar-refractivity contribution < 1.29 is 14.4 Å². The SMILES string of the molecule is CCC1(CC)C(=O)NC(=O)N(c2ccccc2I)C1=O. The molecule has 0 spiro atoms.